The fraction of sp³-hybridized carbons (Fsp3) is 0.235. The quantitative estimate of drug-likeness (QED) is 0.570. The van der Waals surface area contributed by atoms with E-state index in [-0.39, 0.29) is 11.3 Å². The van der Waals surface area contributed by atoms with Crippen LogP contribution in [0.3, 0.4) is 0 Å². The van der Waals surface area contributed by atoms with E-state index in [0.29, 0.717) is 23.1 Å². The van der Waals surface area contributed by atoms with E-state index < -0.39 is 16.7 Å². The average Bonchev–Trinajstić information content (AvgIpc) is 3.13. The summed E-state index contributed by atoms with van der Waals surface area (Å²) in [6.45, 7) is 0.643. The van der Waals surface area contributed by atoms with Gasteiger partial charge in [-0.15, -0.1) is 0 Å². The molecule has 0 fully saturated rings. The van der Waals surface area contributed by atoms with Crippen LogP contribution in [-0.2, 0) is 13.0 Å². The standard InChI is InChI=1S/C17H14N4O5/c22-16(13-6-7-15(26-13)21(24)25)18-10-4-5-12-11(9-10)17(23)20-8-2-1-3-14(20)19-12/h4-7,9H,1-3,8H2,(H,18,22). The summed E-state index contributed by atoms with van der Waals surface area (Å²) in [7, 11) is 0. The molecule has 0 bridgehead atoms. The van der Waals surface area contributed by atoms with Crippen LogP contribution in [0.4, 0.5) is 11.6 Å². The minimum Gasteiger partial charge on any atom is -0.395 e. The summed E-state index contributed by atoms with van der Waals surface area (Å²) in [5.74, 6) is -0.545. The Kier molecular flexibility index (Phi) is 3.76. The minimum absolute atomic E-state index is 0.130. The zero-order valence-corrected chi connectivity index (χ0v) is 13.6. The number of nitrogens with zero attached hydrogens (tertiary/aromatic N) is 3. The Labute approximate surface area is 146 Å². The maximum atomic E-state index is 12.7. The van der Waals surface area contributed by atoms with Crippen LogP contribution in [0.2, 0.25) is 0 Å². The number of aromatic nitrogens is 2. The number of furan rings is 1. The predicted octanol–water partition coefficient (Wildman–Crippen LogP) is 2.49. The van der Waals surface area contributed by atoms with Gasteiger partial charge in [0.05, 0.1) is 17.0 Å². The number of fused-ring (bicyclic) bond motifs is 2. The first-order valence-corrected chi connectivity index (χ1v) is 8.12. The lowest BCUT2D eigenvalue weighted by Crippen LogP contribution is -2.28. The van der Waals surface area contributed by atoms with Gasteiger partial charge in [0, 0.05) is 18.7 Å². The molecule has 26 heavy (non-hydrogen) atoms. The van der Waals surface area contributed by atoms with Crippen LogP contribution in [0.25, 0.3) is 10.9 Å². The van der Waals surface area contributed by atoms with Crippen LogP contribution in [0.5, 0.6) is 0 Å². The summed E-state index contributed by atoms with van der Waals surface area (Å²) in [5.41, 5.74) is 0.834. The SMILES string of the molecule is O=C(Nc1ccc2nc3n(c(=O)c2c1)CCCC3)c1ccc([N+](=O)[O-])o1. The molecule has 0 spiro atoms. The largest absolute Gasteiger partial charge is 0.433 e. The number of hydrogen-bond acceptors (Lipinski definition) is 6. The number of aryl methyl sites for hydroxylation is 1. The van der Waals surface area contributed by atoms with Gasteiger partial charge in [-0.25, -0.2) is 4.98 Å². The Bertz CT molecular complexity index is 1100. The van der Waals surface area contributed by atoms with Crippen molar-refractivity contribution in [2.24, 2.45) is 0 Å². The Morgan fingerprint density at radius 3 is 2.88 bits per heavy atom. The third-order valence-corrected chi connectivity index (χ3v) is 4.32. The average molecular weight is 354 g/mol. The fourth-order valence-corrected chi connectivity index (χ4v) is 3.06. The number of carbonyl (C=O) groups excluding carboxylic acids is 1. The molecule has 1 aliphatic rings. The van der Waals surface area contributed by atoms with Crippen molar-refractivity contribution in [1.29, 1.82) is 0 Å². The van der Waals surface area contributed by atoms with Gasteiger partial charge in [-0.05, 0) is 37.1 Å². The molecule has 0 unspecified atom stereocenters. The van der Waals surface area contributed by atoms with E-state index in [1.54, 1.807) is 22.8 Å². The molecule has 4 rings (SSSR count). The van der Waals surface area contributed by atoms with Crippen LogP contribution in [-0.4, -0.2) is 20.4 Å². The van der Waals surface area contributed by atoms with Crippen LogP contribution >= 0.6 is 0 Å². The number of amides is 1. The van der Waals surface area contributed by atoms with E-state index in [1.807, 2.05) is 0 Å². The van der Waals surface area contributed by atoms with Gasteiger partial charge >= 0.3 is 5.88 Å². The molecule has 1 aromatic carbocycles. The highest BCUT2D eigenvalue weighted by molar-refractivity contribution is 6.03. The molecule has 2 aromatic heterocycles. The normalized spacial score (nSPS) is 13.4. The number of anilines is 1. The van der Waals surface area contributed by atoms with Gasteiger partial charge in [0.1, 0.15) is 10.7 Å². The molecule has 9 heteroatoms. The van der Waals surface area contributed by atoms with Gasteiger partial charge < -0.3 is 9.73 Å². The minimum atomic E-state index is -0.720. The highest BCUT2D eigenvalue weighted by atomic mass is 16.6. The molecule has 3 heterocycles. The molecule has 0 saturated heterocycles. The van der Waals surface area contributed by atoms with Crippen molar-refractivity contribution in [3.05, 3.63) is 62.4 Å². The summed E-state index contributed by atoms with van der Waals surface area (Å²) in [6, 6.07) is 7.19. The molecular weight excluding hydrogens is 340 g/mol. The summed E-state index contributed by atoms with van der Waals surface area (Å²) in [4.78, 5) is 39.3. The molecule has 0 atom stereocenters. The summed E-state index contributed by atoms with van der Waals surface area (Å²) in [6.07, 6.45) is 2.73. The van der Waals surface area contributed by atoms with Gasteiger partial charge in [-0.2, -0.15) is 0 Å². The van der Waals surface area contributed by atoms with Crippen molar-refractivity contribution in [3.8, 4) is 0 Å². The van der Waals surface area contributed by atoms with Gasteiger partial charge in [0.15, 0.2) is 5.76 Å². The second-order valence-corrected chi connectivity index (χ2v) is 6.02. The summed E-state index contributed by atoms with van der Waals surface area (Å²) in [5, 5.41) is 13.6. The van der Waals surface area contributed by atoms with Crippen LogP contribution < -0.4 is 10.9 Å². The van der Waals surface area contributed by atoms with Crippen molar-refractivity contribution < 1.29 is 14.1 Å². The summed E-state index contributed by atoms with van der Waals surface area (Å²) >= 11 is 0. The maximum absolute atomic E-state index is 12.7. The highest BCUT2D eigenvalue weighted by Gasteiger charge is 2.18. The number of benzene rings is 1. The molecule has 0 radical (unpaired) electrons. The van der Waals surface area contributed by atoms with Crippen LogP contribution in [0, 0.1) is 10.1 Å². The van der Waals surface area contributed by atoms with E-state index in [2.05, 4.69) is 10.3 Å². The van der Waals surface area contributed by atoms with E-state index in [0.717, 1.165) is 31.2 Å². The second-order valence-electron chi connectivity index (χ2n) is 6.02. The molecule has 3 aromatic rings. The van der Waals surface area contributed by atoms with Crippen molar-refractivity contribution in [2.75, 3.05) is 5.32 Å². The van der Waals surface area contributed by atoms with E-state index in [4.69, 9.17) is 4.42 Å². The Balaban J connectivity index is 1.66. The van der Waals surface area contributed by atoms with Crippen molar-refractivity contribution in [3.63, 3.8) is 0 Å². The third kappa shape index (κ3) is 2.73. The monoisotopic (exact) mass is 354 g/mol. The Hall–Kier alpha value is -3.49. The zero-order chi connectivity index (χ0) is 18.3. The molecule has 0 saturated carbocycles. The topological polar surface area (TPSA) is 120 Å². The third-order valence-electron chi connectivity index (χ3n) is 4.32. The fourth-order valence-electron chi connectivity index (χ4n) is 3.06. The number of hydrogen-bond donors (Lipinski definition) is 1. The first-order valence-electron chi connectivity index (χ1n) is 8.12. The van der Waals surface area contributed by atoms with Crippen LogP contribution in [0.1, 0.15) is 29.2 Å². The van der Waals surface area contributed by atoms with E-state index in [1.165, 1.54) is 6.07 Å². The maximum Gasteiger partial charge on any atom is 0.433 e. The number of carbonyl (C=O) groups is 1. The zero-order valence-electron chi connectivity index (χ0n) is 13.6. The molecular formula is C17H14N4O5. The second kappa shape index (κ2) is 6.10. The molecule has 1 aliphatic heterocycles. The lowest BCUT2D eigenvalue weighted by Gasteiger charge is -2.17. The summed E-state index contributed by atoms with van der Waals surface area (Å²) < 4.78 is 6.55. The van der Waals surface area contributed by atoms with Crippen molar-refractivity contribution in [2.45, 2.75) is 25.8 Å². The van der Waals surface area contributed by atoms with Gasteiger partial charge in [-0.3, -0.25) is 24.3 Å². The van der Waals surface area contributed by atoms with E-state index >= 15 is 0 Å². The van der Waals surface area contributed by atoms with Crippen molar-refractivity contribution >= 4 is 28.4 Å². The van der Waals surface area contributed by atoms with Crippen LogP contribution in [0.15, 0.2) is 39.5 Å². The van der Waals surface area contributed by atoms with Gasteiger partial charge in [-0.1, -0.05) is 0 Å². The number of nitrogens with one attached hydrogen (secondary N) is 1. The molecule has 132 valence electrons. The van der Waals surface area contributed by atoms with E-state index in [9.17, 15) is 19.7 Å². The van der Waals surface area contributed by atoms with Crippen molar-refractivity contribution in [1.82, 2.24) is 9.55 Å². The number of rotatable bonds is 3. The lowest BCUT2D eigenvalue weighted by atomic mass is 10.1. The first-order chi connectivity index (χ1) is 12.5. The Morgan fingerprint density at radius 2 is 2.12 bits per heavy atom. The number of nitro groups is 1. The van der Waals surface area contributed by atoms with Gasteiger partial charge in [0.25, 0.3) is 11.5 Å². The first kappa shape index (κ1) is 16.0. The molecule has 1 amide bonds. The molecule has 0 aliphatic carbocycles. The van der Waals surface area contributed by atoms with Gasteiger partial charge in [0.2, 0.25) is 0 Å². The molecule has 1 N–H and O–H groups in total. The smallest absolute Gasteiger partial charge is 0.395 e. The predicted molar refractivity (Wildman–Crippen MR) is 92.3 cm³/mol. The highest BCUT2D eigenvalue weighted by Crippen LogP contribution is 2.20. The molecule has 9 nitrogen and oxygen atoms in total. The lowest BCUT2D eigenvalue weighted by molar-refractivity contribution is -0.402. The Morgan fingerprint density at radius 1 is 1.27 bits per heavy atom.